The molecule has 106 valence electrons. The molecular formula is C16H32N2. The quantitative estimate of drug-likeness (QED) is 0.817. The normalized spacial score (nSPS) is 32.7. The van der Waals surface area contributed by atoms with Crippen LogP contribution in [0.3, 0.4) is 0 Å². The molecule has 18 heavy (non-hydrogen) atoms. The summed E-state index contributed by atoms with van der Waals surface area (Å²) < 4.78 is 0. The minimum absolute atomic E-state index is 0.471. The summed E-state index contributed by atoms with van der Waals surface area (Å²) in [6.07, 6.45) is 8.13. The molecule has 2 aliphatic rings. The molecule has 2 heteroatoms. The Labute approximate surface area is 113 Å². The molecule has 2 nitrogen and oxygen atoms in total. The second-order valence-corrected chi connectivity index (χ2v) is 7.65. The number of hydrogen-bond acceptors (Lipinski definition) is 2. The van der Waals surface area contributed by atoms with Crippen molar-refractivity contribution in [1.82, 2.24) is 4.90 Å². The van der Waals surface area contributed by atoms with E-state index in [2.05, 4.69) is 25.7 Å². The average Bonchev–Trinajstić information content (AvgIpc) is 2.32. The van der Waals surface area contributed by atoms with Crippen LogP contribution in [0.15, 0.2) is 0 Å². The Morgan fingerprint density at radius 1 is 1.00 bits per heavy atom. The second-order valence-electron chi connectivity index (χ2n) is 7.65. The summed E-state index contributed by atoms with van der Waals surface area (Å²) in [4.78, 5) is 2.68. The SMILES string of the molecule is CC(C)(C)C1CCN(CC2CCCCC2N)CC1. The van der Waals surface area contributed by atoms with Crippen LogP contribution in [0.25, 0.3) is 0 Å². The van der Waals surface area contributed by atoms with Gasteiger partial charge in [0.2, 0.25) is 0 Å². The van der Waals surface area contributed by atoms with Gasteiger partial charge >= 0.3 is 0 Å². The van der Waals surface area contributed by atoms with Crippen LogP contribution >= 0.6 is 0 Å². The Kier molecular flexibility index (Phi) is 4.71. The van der Waals surface area contributed by atoms with E-state index in [1.54, 1.807) is 0 Å². The number of likely N-dealkylation sites (tertiary alicyclic amines) is 1. The van der Waals surface area contributed by atoms with Crippen LogP contribution in [-0.2, 0) is 0 Å². The summed E-state index contributed by atoms with van der Waals surface area (Å²) in [5, 5.41) is 0. The van der Waals surface area contributed by atoms with E-state index in [1.165, 1.54) is 58.2 Å². The molecule has 0 aromatic heterocycles. The molecule has 2 unspecified atom stereocenters. The van der Waals surface area contributed by atoms with Gasteiger partial charge in [-0.05, 0) is 56.0 Å². The van der Waals surface area contributed by atoms with Crippen molar-refractivity contribution in [2.24, 2.45) is 23.0 Å². The van der Waals surface area contributed by atoms with E-state index >= 15 is 0 Å². The molecule has 1 aliphatic heterocycles. The van der Waals surface area contributed by atoms with Crippen LogP contribution in [0.4, 0.5) is 0 Å². The highest BCUT2D eigenvalue weighted by atomic mass is 15.1. The lowest BCUT2D eigenvalue weighted by atomic mass is 9.75. The minimum atomic E-state index is 0.471. The van der Waals surface area contributed by atoms with Gasteiger partial charge < -0.3 is 10.6 Å². The first-order valence-electron chi connectivity index (χ1n) is 7.95. The van der Waals surface area contributed by atoms with E-state index in [0.29, 0.717) is 11.5 Å². The summed E-state index contributed by atoms with van der Waals surface area (Å²) in [6, 6.07) is 0.471. The Hall–Kier alpha value is -0.0800. The molecule has 1 saturated heterocycles. The monoisotopic (exact) mass is 252 g/mol. The van der Waals surface area contributed by atoms with Crippen LogP contribution < -0.4 is 5.73 Å². The van der Waals surface area contributed by atoms with E-state index in [1.807, 2.05) is 0 Å². The third kappa shape index (κ3) is 3.71. The number of hydrogen-bond donors (Lipinski definition) is 1. The molecule has 1 aliphatic carbocycles. The molecule has 0 bridgehead atoms. The van der Waals surface area contributed by atoms with Crippen molar-refractivity contribution in [3.05, 3.63) is 0 Å². The fourth-order valence-electron chi connectivity index (χ4n) is 3.78. The summed E-state index contributed by atoms with van der Waals surface area (Å²) in [5.41, 5.74) is 6.76. The maximum absolute atomic E-state index is 6.27. The lowest BCUT2D eigenvalue weighted by Gasteiger charge is -2.41. The highest BCUT2D eigenvalue weighted by molar-refractivity contribution is 4.85. The maximum Gasteiger partial charge on any atom is 0.00793 e. The molecule has 0 aromatic rings. The van der Waals surface area contributed by atoms with Gasteiger partial charge in [0, 0.05) is 12.6 Å². The van der Waals surface area contributed by atoms with E-state index in [-0.39, 0.29) is 0 Å². The molecule has 0 amide bonds. The van der Waals surface area contributed by atoms with Gasteiger partial charge in [0.15, 0.2) is 0 Å². The summed E-state index contributed by atoms with van der Waals surface area (Å²) in [6.45, 7) is 11.0. The maximum atomic E-state index is 6.27. The number of nitrogens with zero attached hydrogens (tertiary/aromatic N) is 1. The zero-order valence-electron chi connectivity index (χ0n) is 12.6. The van der Waals surface area contributed by atoms with Gasteiger partial charge in [-0.3, -0.25) is 0 Å². The molecular weight excluding hydrogens is 220 g/mol. The smallest absolute Gasteiger partial charge is 0.00793 e. The zero-order chi connectivity index (χ0) is 13.2. The minimum Gasteiger partial charge on any atom is -0.327 e. The van der Waals surface area contributed by atoms with Gasteiger partial charge in [-0.15, -0.1) is 0 Å². The summed E-state index contributed by atoms with van der Waals surface area (Å²) >= 11 is 0. The Balaban J connectivity index is 1.76. The molecule has 1 saturated carbocycles. The fourth-order valence-corrected chi connectivity index (χ4v) is 3.78. The standard InChI is InChI=1S/C16H32N2/c1-16(2,3)14-8-10-18(11-9-14)12-13-6-4-5-7-15(13)17/h13-15H,4-12,17H2,1-3H3. The first-order chi connectivity index (χ1) is 8.47. The van der Waals surface area contributed by atoms with Crippen molar-refractivity contribution in [2.45, 2.75) is 65.3 Å². The molecule has 0 aromatic carbocycles. The van der Waals surface area contributed by atoms with E-state index in [4.69, 9.17) is 5.73 Å². The van der Waals surface area contributed by atoms with E-state index in [9.17, 15) is 0 Å². The average molecular weight is 252 g/mol. The van der Waals surface area contributed by atoms with Gasteiger partial charge in [-0.2, -0.15) is 0 Å². The largest absolute Gasteiger partial charge is 0.327 e. The highest BCUT2D eigenvalue weighted by Crippen LogP contribution is 2.35. The molecule has 2 fully saturated rings. The predicted molar refractivity (Wildman–Crippen MR) is 78.6 cm³/mol. The number of nitrogens with two attached hydrogens (primary N) is 1. The van der Waals surface area contributed by atoms with Gasteiger partial charge in [-0.1, -0.05) is 33.6 Å². The van der Waals surface area contributed by atoms with Crippen molar-refractivity contribution in [2.75, 3.05) is 19.6 Å². The number of rotatable bonds is 2. The van der Waals surface area contributed by atoms with Crippen LogP contribution in [0.5, 0.6) is 0 Å². The van der Waals surface area contributed by atoms with Gasteiger partial charge in [0.05, 0.1) is 0 Å². The topological polar surface area (TPSA) is 29.3 Å². The Bertz CT molecular complexity index is 248. The first-order valence-corrected chi connectivity index (χ1v) is 7.95. The lowest BCUT2D eigenvalue weighted by molar-refractivity contribution is 0.0910. The zero-order valence-corrected chi connectivity index (χ0v) is 12.6. The summed E-state index contributed by atoms with van der Waals surface area (Å²) in [5.74, 6) is 1.68. The predicted octanol–water partition coefficient (Wildman–Crippen LogP) is 3.26. The molecule has 2 N–H and O–H groups in total. The van der Waals surface area contributed by atoms with Gasteiger partial charge in [0.25, 0.3) is 0 Å². The van der Waals surface area contributed by atoms with E-state index in [0.717, 1.165) is 11.8 Å². The van der Waals surface area contributed by atoms with Crippen LogP contribution in [-0.4, -0.2) is 30.6 Å². The third-order valence-corrected chi connectivity index (χ3v) is 5.27. The third-order valence-electron chi connectivity index (χ3n) is 5.27. The molecule has 0 spiro atoms. The van der Waals surface area contributed by atoms with Crippen LogP contribution in [0.1, 0.15) is 59.3 Å². The molecule has 0 radical (unpaired) electrons. The van der Waals surface area contributed by atoms with E-state index < -0.39 is 0 Å². The Morgan fingerprint density at radius 2 is 1.61 bits per heavy atom. The molecule has 1 heterocycles. The summed E-state index contributed by atoms with van der Waals surface area (Å²) in [7, 11) is 0. The van der Waals surface area contributed by atoms with Crippen molar-refractivity contribution in [3.63, 3.8) is 0 Å². The first kappa shape index (κ1) is 14.3. The molecule has 2 rings (SSSR count). The second kappa shape index (κ2) is 5.92. The Morgan fingerprint density at radius 3 is 2.17 bits per heavy atom. The lowest BCUT2D eigenvalue weighted by Crippen LogP contribution is -2.45. The highest BCUT2D eigenvalue weighted by Gasteiger charge is 2.30. The van der Waals surface area contributed by atoms with Gasteiger partial charge in [0.1, 0.15) is 0 Å². The fraction of sp³-hybridized carbons (Fsp3) is 1.00. The van der Waals surface area contributed by atoms with Crippen LogP contribution in [0.2, 0.25) is 0 Å². The number of piperidine rings is 1. The van der Waals surface area contributed by atoms with Crippen LogP contribution in [0, 0.1) is 17.3 Å². The molecule has 2 atom stereocenters. The van der Waals surface area contributed by atoms with Crippen molar-refractivity contribution in [3.8, 4) is 0 Å². The van der Waals surface area contributed by atoms with Gasteiger partial charge in [-0.25, -0.2) is 0 Å². The van der Waals surface area contributed by atoms with Crippen molar-refractivity contribution in [1.29, 1.82) is 0 Å². The van der Waals surface area contributed by atoms with Crippen molar-refractivity contribution < 1.29 is 0 Å². The van der Waals surface area contributed by atoms with Crippen molar-refractivity contribution >= 4 is 0 Å².